The van der Waals surface area contributed by atoms with Crippen molar-refractivity contribution in [3.05, 3.63) is 29.9 Å². The minimum absolute atomic E-state index is 0. The number of aryl methyl sites for hydroxylation is 1. The van der Waals surface area contributed by atoms with E-state index < -0.39 is 0 Å². The van der Waals surface area contributed by atoms with Gasteiger partial charge in [-0.15, -0.1) is 24.0 Å². The van der Waals surface area contributed by atoms with E-state index in [2.05, 4.69) is 25.8 Å². The Morgan fingerprint density at radius 1 is 1.21 bits per heavy atom. The Labute approximate surface area is 188 Å². The van der Waals surface area contributed by atoms with E-state index in [1.54, 1.807) is 0 Å². The van der Waals surface area contributed by atoms with Crippen molar-refractivity contribution in [3.63, 3.8) is 0 Å². The largest absolute Gasteiger partial charge is 0.490 e. The second-order valence-electron chi connectivity index (χ2n) is 6.90. The molecular weight excluding hydrogens is 485 g/mol. The fourth-order valence-corrected chi connectivity index (χ4v) is 2.71. The molecule has 2 aromatic rings. The molecule has 3 rings (SSSR count). The van der Waals surface area contributed by atoms with Crippen molar-refractivity contribution in [2.45, 2.75) is 46.0 Å². The van der Waals surface area contributed by atoms with E-state index in [1.807, 2.05) is 39.0 Å². The van der Waals surface area contributed by atoms with Crippen LogP contribution in [-0.4, -0.2) is 42.4 Å². The second kappa shape index (κ2) is 11.8. The molecule has 0 aliphatic carbocycles. The first-order valence-corrected chi connectivity index (χ1v) is 9.93. The molecular formula is C20H30IN5O3. The summed E-state index contributed by atoms with van der Waals surface area (Å²) in [6, 6.07) is 5.83. The van der Waals surface area contributed by atoms with Crippen LogP contribution in [0.5, 0.6) is 11.5 Å². The molecule has 9 heteroatoms. The number of hydrogen-bond acceptors (Lipinski definition) is 6. The predicted octanol–water partition coefficient (Wildman–Crippen LogP) is 3.98. The van der Waals surface area contributed by atoms with E-state index in [4.69, 9.17) is 14.0 Å². The van der Waals surface area contributed by atoms with Crippen molar-refractivity contribution in [2.75, 3.05) is 31.6 Å². The summed E-state index contributed by atoms with van der Waals surface area (Å²) in [6.07, 6.45) is 2.43. The van der Waals surface area contributed by atoms with Gasteiger partial charge in [-0.1, -0.05) is 19.0 Å². The Hall–Kier alpha value is -2.04. The Kier molecular flexibility index (Phi) is 9.49. The van der Waals surface area contributed by atoms with E-state index in [9.17, 15) is 0 Å². The quantitative estimate of drug-likeness (QED) is 0.249. The normalized spacial score (nSPS) is 13.6. The zero-order chi connectivity index (χ0) is 19.8. The lowest BCUT2D eigenvalue weighted by atomic mass is 10.2. The summed E-state index contributed by atoms with van der Waals surface area (Å²) in [4.78, 5) is 9.02. The average Bonchev–Trinajstić information content (AvgIpc) is 3.04. The van der Waals surface area contributed by atoms with Gasteiger partial charge in [-0.3, -0.25) is 4.99 Å². The minimum atomic E-state index is 0. The number of aromatic nitrogens is 2. The minimum Gasteiger partial charge on any atom is -0.490 e. The summed E-state index contributed by atoms with van der Waals surface area (Å²) in [5.74, 6) is 3.96. The molecule has 8 nitrogen and oxygen atoms in total. The average molecular weight is 515 g/mol. The maximum Gasteiger partial charge on any atom is 0.226 e. The van der Waals surface area contributed by atoms with Crippen molar-refractivity contribution < 1.29 is 14.0 Å². The van der Waals surface area contributed by atoms with Gasteiger partial charge in [0, 0.05) is 43.6 Å². The summed E-state index contributed by atoms with van der Waals surface area (Å²) < 4.78 is 16.7. The van der Waals surface area contributed by atoms with Crippen LogP contribution in [0.15, 0.2) is 27.7 Å². The van der Waals surface area contributed by atoms with Gasteiger partial charge in [0.1, 0.15) is 0 Å². The molecule has 2 heterocycles. The number of nitrogens with zero attached hydrogens (tertiary/aromatic N) is 3. The van der Waals surface area contributed by atoms with Crippen molar-refractivity contribution in [2.24, 2.45) is 4.99 Å². The third-order valence-electron chi connectivity index (χ3n) is 4.17. The molecule has 0 amide bonds. The fraction of sp³-hybridized carbons (Fsp3) is 0.550. The van der Waals surface area contributed by atoms with E-state index in [0.29, 0.717) is 32.1 Å². The van der Waals surface area contributed by atoms with Crippen LogP contribution in [0.4, 0.5) is 5.69 Å². The lowest BCUT2D eigenvalue weighted by Crippen LogP contribution is -2.30. The van der Waals surface area contributed by atoms with Crippen molar-refractivity contribution in [3.8, 4) is 11.5 Å². The van der Waals surface area contributed by atoms with Crippen LogP contribution in [0.2, 0.25) is 0 Å². The van der Waals surface area contributed by atoms with E-state index in [-0.39, 0.29) is 29.9 Å². The highest BCUT2D eigenvalue weighted by Gasteiger charge is 2.12. The maximum atomic E-state index is 5.75. The van der Waals surface area contributed by atoms with Crippen molar-refractivity contribution >= 4 is 35.6 Å². The van der Waals surface area contributed by atoms with Gasteiger partial charge in [0.2, 0.25) is 5.89 Å². The van der Waals surface area contributed by atoms with Crippen LogP contribution >= 0.6 is 24.0 Å². The first-order valence-electron chi connectivity index (χ1n) is 9.93. The number of aliphatic imine (C=N–C) groups is 1. The molecule has 160 valence electrons. The number of hydrogen-bond donors (Lipinski definition) is 2. The zero-order valence-electron chi connectivity index (χ0n) is 17.2. The molecule has 2 N–H and O–H groups in total. The third kappa shape index (κ3) is 7.06. The molecule has 0 saturated carbocycles. The first-order chi connectivity index (χ1) is 13.7. The first kappa shape index (κ1) is 23.2. The Morgan fingerprint density at radius 2 is 2.00 bits per heavy atom. The molecule has 1 aliphatic heterocycles. The van der Waals surface area contributed by atoms with Gasteiger partial charge < -0.3 is 24.6 Å². The second-order valence-corrected chi connectivity index (χ2v) is 6.90. The Balaban J connectivity index is 0.00000300. The van der Waals surface area contributed by atoms with Gasteiger partial charge in [0.05, 0.1) is 13.2 Å². The highest BCUT2D eigenvalue weighted by atomic mass is 127. The molecule has 29 heavy (non-hydrogen) atoms. The highest BCUT2D eigenvalue weighted by molar-refractivity contribution is 14.0. The number of ether oxygens (including phenoxy) is 2. The van der Waals surface area contributed by atoms with Gasteiger partial charge in [-0.2, -0.15) is 4.98 Å². The molecule has 0 fully saturated rings. The molecule has 1 aliphatic rings. The molecule has 0 bridgehead atoms. The molecule has 0 unspecified atom stereocenters. The molecule has 0 atom stereocenters. The molecule has 0 saturated heterocycles. The van der Waals surface area contributed by atoms with Gasteiger partial charge in [0.15, 0.2) is 23.3 Å². The predicted molar refractivity (Wildman–Crippen MR) is 124 cm³/mol. The van der Waals surface area contributed by atoms with E-state index in [1.165, 1.54) is 0 Å². The third-order valence-corrected chi connectivity index (χ3v) is 4.17. The summed E-state index contributed by atoms with van der Waals surface area (Å²) in [6.45, 7) is 8.91. The Morgan fingerprint density at radius 3 is 2.72 bits per heavy atom. The Bertz CT molecular complexity index is 794. The zero-order valence-corrected chi connectivity index (χ0v) is 19.6. The number of guanidine groups is 1. The summed E-state index contributed by atoms with van der Waals surface area (Å²) in [5.41, 5.74) is 0.905. The van der Waals surface area contributed by atoms with E-state index in [0.717, 1.165) is 48.4 Å². The standard InChI is InChI=1S/C20H29N5O3.HI/c1-4-21-20(22-10-5-7-18-24-19(14(2)3)25-28-18)23-15-8-9-16-17(13-15)27-12-6-11-26-16;/h8-9,13-14H,4-7,10-12H2,1-3H3,(H2,21,22,23);1H. The molecule has 1 aromatic carbocycles. The van der Waals surface area contributed by atoms with E-state index >= 15 is 0 Å². The van der Waals surface area contributed by atoms with Gasteiger partial charge in [-0.05, 0) is 25.5 Å². The van der Waals surface area contributed by atoms with Crippen LogP contribution in [-0.2, 0) is 6.42 Å². The van der Waals surface area contributed by atoms with Gasteiger partial charge >= 0.3 is 0 Å². The lowest BCUT2D eigenvalue weighted by molar-refractivity contribution is 0.297. The molecule has 1 aromatic heterocycles. The topological polar surface area (TPSA) is 93.8 Å². The van der Waals surface area contributed by atoms with Crippen LogP contribution < -0.4 is 20.1 Å². The summed E-state index contributed by atoms with van der Waals surface area (Å²) in [5, 5.41) is 10.6. The number of fused-ring (bicyclic) bond motifs is 1. The summed E-state index contributed by atoms with van der Waals surface area (Å²) >= 11 is 0. The van der Waals surface area contributed by atoms with Crippen LogP contribution in [0.3, 0.4) is 0 Å². The number of rotatable bonds is 7. The maximum absolute atomic E-state index is 5.75. The fourth-order valence-electron chi connectivity index (χ4n) is 2.71. The number of benzene rings is 1. The summed E-state index contributed by atoms with van der Waals surface area (Å²) in [7, 11) is 0. The van der Waals surface area contributed by atoms with Crippen molar-refractivity contribution in [1.29, 1.82) is 0 Å². The number of halogens is 1. The number of anilines is 1. The van der Waals surface area contributed by atoms with Gasteiger partial charge in [-0.25, -0.2) is 0 Å². The van der Waals surface area contributed by atoms with Crippen LogP contribution in [0.25, 0.3) is 0 Å². The van der Waals surface area contributed by atoms with Crippen LogP contribution in [0.1, 0.15) is 51.2 Å². The highest BCUT2D eigenvalue weighted by Crippen LogP contribution is 2.32. The number of nitrogens with one attached hydrogen (secondary N) is 2. The lowest BCUT2D eigenvalue weighted by Gasteiger charge is -2.13. The van der Waals surface area contributed by atoms with Crippen molar-refractivity contribution in [1.82, 2.24) is 15.5 Å². The smallest absolute Gasteiger partial charge is 0.226 e. The van der Waals surface area contributed by atoms with Gasteiger partial charge in [0.25, 0.3) is 0 Å². The molecule has 0 spiro atoms. The monoisotopic (exact) mass is 515 g/mol. The molecule has 0 radical (unpaired) electrons. The van der Waals surface area contributed by atoms with Crippen LogP contribution in [0, 0.1) is 0 Å². The SMILES string of the molecule is CCNC(=NCCCc1nc(C(C)C)no1)Nc1ccc2c(c1)OCCCO2.I.